The summed E-state index contributed by atoms with van der Waals surface area (Å²) in [6.45, 7) is 0.333. The number of ketones is 1. The lowest BCUT2D eigenvalue weighted by molar-refractivity contribution is -0.174. The Balaban J connectivity index is 1.11. The van der Waals surface area contributed by atoms with Crippen LogP contribution in [0.5, 0.6) is 5.75 Å². The number of halogens is 3. The number of nitrogens with one attached hydrogen (secondary N) is 1. The fraction of sp³-hybridized carbons (Fsp3) is 0.417. The molecular formula is C24H24Cl2FNO4. The van der Waals surface area contributed by atoms with Crippen molar-refractivity contribution in [2.45, 2.75) is 37.6 Å². The van der Waals surface area contributed by atoms with Gasteiger partial charge in [0.05, 0.1) is 16.7 Å². The molecule has 5 nitrogen and oxygen atoms in total. The van der Waals surface area contributed by atoms with Gasteiger partial charge in [-0.3, -0.25) is 9.59 Å². The van der Waals surface area contributed by atoms with E-state index < -0.39 is 0 Å². The molecule has 0 aliphatic heterocycles. The lowest BCUT2D eigenvalue weighted by Gasteiger charge is -2.70. The van der Waals surface area contributed by atoms with Gasteiger partial charge in [0.1, 0.15) is 18.2 Å². The van der Waals surface area contributed by atoms with Gasteiger partial charge in [0.15, 0.2) is 12.4 Å². The zero-order valence-electron chi connectivity index (χ0n) is 17.5. The summed E-state index contributed by atoms with van der Waals surface area (Å²) in [6, 6.07) is 11.2. The number of carbonyl (C=O) groups is 2. The zero-order valence-corrected chi connectivity index (χ0v) is 19.0. The summed E-state index contributed by atoms with van der Waals surface area (Å²) < 4.78 is 24.1. The van der Waals surface area contributed by atoms with Gasteiger partial charge in [-0.15, -0.1) is 0 Å². The molecule has 1 N–H and O–H groups in total. The molecule has 2 aromatic rings. The van der Waals surface area contributed by atoms with E-state index in [1.54, 1.807) is 24.3 Å². The molecule has 32 heavy (non-hydrogen) atoms. The van der Waals surface area contributed by atoms with Gasteiger partial charge in [-0.2, -0.15) is 0 Å². The van der Waals surface area contributed by atoms with Crippen molar-refractivity contribution in [1.29, 1.82) is 0 Å². The summed E-state index contributed by atoms with van der Waals surface area (Å²) >= 11 is 11.8. The number of ether oxygens (including phenoxy) is 2. The van der Waals surface area contributed by atoms with Crippen molar-refractivity contribution in [2.24, 2.45) is 5.41 Å². The highest BCUT2D eigenvalue weighted by atomic mass is 35.5. The van der Waals surface area contributed by atoms with Crippen LogP contribution < -0.4 is 10.1 Å². The summed E-state index contributed by atoms with van der Waals surface area (Å²) in [5, 5.41) is 3.83. The van der Waals surface area contributed by atoms with E-state index in [1.165, 1.54) is 12.1 Å². The Bertz CT molecular complexity index is 1010. The van der Waals surface area contributed by atoms with Crippen LogP contribution in [-0.2, 0) is 20.7 Å². The highest BCUT2D eigenvalue weighted by molar-refractivity contribution is 6.42. The molecular weight excluding hydrogens is 456 g/mol. The molecule has 1 amide bonds. The molecule has 0 atom stereocenters. The van der Waals surface area contributed by atoms with E-state index in [9.17, 15) is 14.0 Å². The van der Waals surface area contributed by atoms with Crippen molar-refractivity contribution in [2.75, 3.05) is 19.8 Å². The minimum atomic E-state index is -0.274. The average molecular weight is 480 g/mol. The number of Topliss-reactive ketones (excluding diaryl/α,β-unsaturated/α-hetero) is 1. The van der Waals surface area contributed by atoms with E-state index in [4.69, 9.17) is 32.7 Å². The zero-order chi connectivity index (χ0) is 22.8. The first-order chi connectivity index (χ1) is 15.3. The molecule has 0 aromatic heterocycles. The Hall–Kier alpha value is -2.15. The maximum atomic E-state index is 13.2. The monoisotopic (exact) mass is 479 g/mol. The number of carbonyl (C=O) groups excluding carboxylic acids is 2. The molecule has 0 radical (unpaired) electrons. The second kappa shape index (κ2) is 9.38. The fourth-order valence-electron chi connectivity index (χ4n) is 4.90. The molecule has 5 rings (SSSR count). The summed E-state index contributed by atoms with van der Waals surface area (Å²) in [6.07, 6.45) is 3.43. The summed E-state index contributed by atoms with van der Waals surface area (Å²) in [7, 11) is 0. The number of hydrogen-bond donors (Lipinski definition) is 1. The standard InChI is InChI=1S/C24H24Cl2FNO4/c25-20-5-4-19(9-21(20)26)32-12-22(30)28-24-13-23(14-24,15-24)10-18(29)11-31-7-6-16-2-1-3-17(27)8-16/h1-5,8-9H,6-7,10-15H2,(H,28,30). The van der Waals surface area contributed by atoms with E-state index in [2.05, 4.69) is 5.32 Å². The van der Waals surface area contributed by atoms with E-state index in [0.29, 0.717) is 35.2 Å². The second-order valence-corrected chi connectivity index (χ2v) is 9.69. The summed E-state index contributed by atoms with van der Waals surface area (Å²) in [4.78, 5) is 24.5. The molecule has 0 saturated heterocycles. The molecule has 0 heterocycles. The largest absolute Gasteiger partial charge is 0.484 e. The predicted molar refractivity (Wildman–Crippen MR) is 120 cm³/mol. The normalized spacial score (nSPS) is 23.1. The van der Waals surface area contributed by atoms with Crippen LogP contribution in [0.25, 0.3) is 0 Å². The topological polar surface area (TPSA) is 64.6 Å². The third kappa shape index (κ3) is 5.42. The van der Waals surface area contributed by atoms with Crippen molar-refractivity contribution in [1.82, 2.24) is 5.32 Å². The van der Waals surface area contributed by atoms with Crippen LogP contribution in [0.1, 0.15) is 31.2 Å². The molecule has 170 valence electrons. The van der Waals surface area contributed by atoms with Gasteiger partial charge < -0.3 is 14.8 Å². The SMILES string of the molecule is O=C(COCCc1cccc(F)c1)CC12CC(NC(=O)COc3ccc(Cl)c(Cl)c3)(C1)C2. The Morgan fingerprint density at radius 2 is 1.81 bits per heavy atom. The molecule has 0 spiro atoms. The third-order valence-corrected chi connectivity index (χ3v) is 6.80. The van der Waals surface area contributed by atoms with E-state index >= 15 is 0 Å². The van der Waals surface area contributed by atoms with Gasteiger partial charge in [-0.25, -0.2) is 4.39 Å². The van der Waals surface area contributed by atoms with Crippen LogP contribution >= 0.6 is 23.2 Å². The maximum absolute atomic E-state index is 13.2. The van der Waals surface area contributed by atoms with Crippen molar-refractivity contribution < 1.29 is 23.5 Å². The number of hydrogen-bond acceptors (Lipinski definition) is 4. The number of rotatable bonds is 11. The van der Waals surface area contributed by atoms with Crippen LogP contribution in [-0.4, -0.2) is 37.0 Å². The predicted octanol–water partition coefficient (Wildman–Crippen LogP) is 4.77. The maximum Gasteiger partial charge on any atom is 0.258 e. The average Bonchev–Trinajstić information content (AvgIpc) is 2.70. The fourth-order valence-corrected chi connectivity index (χ4v) is 5.19. The Kier molecular flexibility index (Phi) is 6.75. The minimum absolute atomic E-state index is 0.0131. The number of benzene rings is 2. The third-order valence-electron chi connectivity index (χ3n) is 6.07. The van der Waals surface area contributed by atoms with Crippen molar-refractivity contribution in [3.8, 4) is 5.75 Å². The highest BCUT2D eigenvalue weighted by Gasteiger charge is 2.68. The summed E-state index contributed by atoms with van der Waals surface area (Å²) in [5.74, 6) is 0.0685. The first-order valence-corrected chi connectivity index (χ1v) is 11.2. The molecule has 3 aliphatic carbocycles. The van der Waals surface area contributed by atoms with Gasteiger partial charge in [-0.05, 0) is 60.9 Å². The van der Waals surface area contributed by atoms with Gasteiger partial charge in [0.2, 0.25) is 0 Å². The van der Waals surface area contributed by atoms with Crippen LogP contribution in [0.4, 0.5) is 4.39 Å². The molecule has 0 unspecified atom stereocenters. The lowest BCUT2D eigenvalue weighted by atomic mass is 9.38. The minimum Gasteiger partial charge on any atom is -0.484 e. The van der Waals surface area contributed by atoms with Crippen molar-refractivity contribution in [3.05, 3.63) is 63.9 Å². The Labute approximate surface area is 196 Å². The first kappa shape index (κ1) is 23.0. The Morgan fingerprint density at radius 1 is 1.03 bits per heavy atom. The van der Waals surface area contributed by atoms with Gasteiger partial charge >= 0.3 is 0 Å². The van der Waals surface area contributed by atoms with Crippen LogP contribution in [0, 0.1) is 11.2 Å². The van der Waals surface area contributed by atoms with Crippen LogP contribution in [0.3, 0.4) is 0 Å². The molecule has 3 aliphatic rings. The summed E-state index contributed by atoms with van der Waals surface area (Å²) in [5.41, 5.74) is 0.620. The highest BCUT2D eigenvalue weighted by Crippen LogP contribution is 2.68. The molecule has 3 fully saturated rings. The molecule has 2 aromatic carbocycles. The molecule has 8 heteroatoms. The first-order valence-electron chi connectivity index (χ1n) is 10.5. The Morgan fingerprint density at radius 3 is 2.53 bits per heavy atom. The van der Waals surface area contributed by atoms with Gasteiger partial charge in [0, 0.05) is 18.0 Å². The van der Waals surface area contributed by atoms with Crippen LogP contribution in [0.2, 0.25) is 10.0 Å². The quantitative estimate of drug-likeness (QED) is 0.471. The van der Waals surface area contributed by atoms with E-state index in [1.807, 2.05) is 6.07 Å². The molecule has 2 bridgehead atoms. The van der Waals surface area contributed by atoms with Crippen molar-refractivity contribution in [3.63, 3.8) is 0 Å². The van der Waals surface area contributed by atoms with E-state index in [-0.39, 0.29) is 41.7 Å². The smallest absolute Gasteiger partial charge is 0.258 e. The van der Waals surface area contributed by atoms with Crippen LogP contribution in [0.15, 0.2) is 42.5 Å². The van der Waals surface area contributed by atoms with Gasteiger partial charge in [0.25, 0.3) is 5.91 Å². The van der Waals surface area contributed by atoms with Crippen molar-refractivity contribution >= 4 is 34.9 Å². The lowest BCUT2D eigenvalue weighted by Crippen LogP contribution is -2.75. The molecule has 3 saturated carbocycles. The van der Waals surface area contributed by atoms with E-state index in [0.717, 1.165) is 24.8 Å². The second-order valence-electron chi connectivity index (χ2n) is 8.87. The number of amides is 1. The van der Waals surface area contributed by atoms with Gasteiger partial charge in [-0.1, -0.05) is 35.3 Å².